The van der Waals surface area contributed by atoms with Gasteiger partial charge in [-0.25, -0.2) is 13.2 Å². The van der Waals surface area contributed by atoms with Crippen LogP contribution in [0, 0.1) is 17.3 Å². The first-order valence-corrected chi connectivity index (χ1v) is 21.4. The first-order valence-electron chi connectivity index (χ1n) is 19.7. The van der Waals surface area contributed by atoms with E-state index in [0.717, 1.165) is 77.0 Å². The molecule has 5 amide bonds. The van der Waals surface area contributed by atoms with E-state index in [-0.39, 0.29) is 35.0 Å². The van der Waals surface area contributed by atoms with E-state index in [1.165, 1.54) is 0 Å². The molecule has 4 N–H and O–H groups in total. The van der Waals surface area contributed by atoms with Gasteiger partial charge in [0.05, 0.1) is 22.1 Å². The highest BCUT2D eigenvalue weighted by molar-refractivity contribution is 7.92. The standard InChI is InChI=1S/C38H63N5O7S/c1-36(2,3)51(49,50)24-38(21-15-12-16-22-38)42-35(48)41-28-18-14-11-9-7-6-8-10-13-17-27(31(44)33(46)39-25-19-20-25)40-32(45)30-29-26(37(29,4)5)23-43(30)34(28)47/h25-30H,6-24H2,1-5H3,(H,39,46)(H,40,45)(H2,41,42,48). The number of carbonyl (C=O) groups is 5. The smallest absolute Gasteiger partial charge is 0.315 e. The van der Waals surface area contributed by atoms with Gasteiger partial charge < -0.3 is 26.2 Å². The van der Waals surface area contributed by atoms with Crippen LogP contribution in [-0.4, -0.2) is 89.6 Å². The van der Waals surface area contributed by atoms with Crippen LogP contribution in [0.4, 0.5) is 4.79 Å². The number of hydrogen-bond donors (Lipinski definition) is 4. The predicted molar refractivity (Wildman–Crippen MR) is 195 cm³/mol. The minimum atomic E-state index is -3.55. The summed E-state index contributed by atoms with van der Waals surface area (Å²) in [6, 6.07) is -3.26. The fourth-order valence-corrected chi connectivity index (χ4v) is 10.3. The molecule has 2 saturated heterocycles. The van der Waals surface area contributed by atoms with Crippen molar-refractivity contribution in [2.75, 3.05) is 12.3 Å². The number of sulfone groups is 1. The summed E-state index contributed by atoms with van der Waals surface area (Å²) in [7, 11) is -3.55. The van der Waals surface area contributed by atoms with E-state index >= 15 is 0 Å². The van der Waals surface area contributed by atoms with Gasteiger partial charge in [0.25, 0.3) is 5.91 Å². The van der Waals surface area contributed by atoms with Crippen LogP contribution in [0.5, 0.6) is 0 Å². The van der Waals surface area contributed by atoms with Crippen molar-refractivity contribution in [1.82, 2.24) is 26.2 Å². The van der Waals surface area contributed by atoms with Gasteiger partial charge in [-0.3, -0.25) is 19.2 Å². The van der Waals surface area contributed by atoms with Crippen LogP contribution < -0.4 is 21.3 Å². The van der Waals surface area contributed by atoms with Crippen LogP contribution >= 0.6 is 0 Å². The lowest BCUT2D eigenvalue weighted by Crippen LogP contribution is -2.62. The van der Waals surface area contributed by atoms with E-state index in [0.29, 0.717) is 38.6 Å². The lowest BCUT2D eigenvalue weighted by atomic mass is 9.83. The maximum absolute atomic E-state index is 14.5. The van der Waals surface area contributed by atoms with Gasteiger partial charge >= 0.3 is 6.03 Å². The number of Topliss-reactive ketones (excluding diaryl/α,β-unsaturated/α-hetero) is 1. The number of amides is 5. The highest BCUT2D eigenvalue weighted by atomic mass is 32.2. The summed E-state index contributed by atoms with van der Waals surface area (Å²) >= 11 is 0. The maximum atomic E-state index is 14.5. The average Bonchev–Trinajstić information content (AvgIpc) is 3.90. The van der Waals surface area contributed by atoms with E-state index in [2.05, 4.69) is 35.1 Å². The van der Waals surface area contributed by atoms with E-state index in [1.54, 1.807) is 25.7 Å². The van der Waals surface area contributed by atoms with Crippen LogP contribution in [0.15, 0.2) is 0 Å². The van der Waals surface area contributed by atoms with E-state index in [4.69, 9.17) is 0 Å². The number of rotatable bonds is 7. The quantitative estimate of drug-likeness (QED) is 0.283. The molecule has 51 heavy (non-hydrogen) atoms. The molecule has 3 saturated carbocycles. The lowest BCUT2D eigenvalue weighted by Gasteiger charge is -2.40. The van der Waals surface area contributed by atoms with Gasteiger partial charge in [0.15, 0.2) is 9.84 Å². The highest BCUT2D eigenvalue weighted by Gasteiger charge is 2.69. The molecule has 5 unspecified atom stereocenters. The highest BCUT2D eigenvalue weighted by Crippen LogP contribution is 2.65. The zero-order valence-electron chi connectivity index (χ0n) is 31.6. The third kappa shape index (κ3) is 9.46. The topological polar surface area (TPSA) is 171 Å². The fraction of sp³-hybridized carbons (Fsp3) is 0.868. The molecule has 5 atom stereocenters. The van der Waals surface area contributed by atoms with Gasteiger partial charge in [-0.15, -0.1) is 0 Å². The second-order valence-electron chi connectivity index (χ2n) is 17.8. The predicted octanol–water partition coefficient (Wildman–Crippen LogP) is 4.30. The molecule has 12 nitrogen and oxygen atoms in total. The summed E-state index contributed by atoms with van der Waals surface area (Å²) in [6.45, 7) is 9.56. The van der Waals surface area contributed by atoms with Crippen molar-refractivity contribution in [2.45, 2.75) is 178 Å². The Morgan fingerprint density at radius 2 is 1.39 bits per heavy atom. The number of piperidine rings is 1. The number of fused-ring (bicyclic) bond motifs is 3. The Morgan fingerprint density at radius 1 is 0.824 bits per heavy atom. The zero-order valence-corrected chi connectivity index (χ0v) is 32.4. The Kier molecular flexibility index (Phi) is 12.2. The summed E-state index contributed by atoms with van der Waals surface area (Å²) in [4.78, 5) is 70.3. The van der Waals surface area contributed by atoms with Crippen molar-refractivity contribution in [1.29, 1.82) is 0 Å². The van der Waals surface area contributed by atoms with Gasteiger partial charge in [-0.05, 0) is 76.5 Å². The molecule has 0 aromatic carbocycles. The molecule has 0 aromatic rings. The van der Waals surface area contributed by atoms with Gasteiger partial charge in [-0.1, -0.05) is 84.5 Å². The number of hydrogen-bond acceptors (Lipinski definition) is 7. The van der Waals surface area contributed by atoms with Crippen molar-refractivity contribution in [3.05, 3.63) is 0 Å². The Morgan fingerprint density at radius 3 is 1.98 bits per heavy atom. The van der Waals surface area contributed by atoms with Crippen LogP contribution in [0.3, 0.4) is 0 Å². The minimum Gasteiger partial charge on any atom is -0.347 e. The normalized spacial score (nSPS) is 30.5. The Labute approximate surface area is 305 Å². The molecule has 5 rings (SSSR count). The zero-order chi connectivity index (χ0) is 37.2. The number of ketones is 1. The SMILES string of the molecule is CC1(C)C2CN3C(=O)C(NC(=O)NC4(CS(=O)(=O)C(C)(C)C)CCCCC4)CCCCCCCCCCC(C(=O)C(=O)NC4CC4)NC(=O)C3C21. The third-order valence-corrected chi connectivity index (χ3v) is 15.3. The Hall–Kier alpha value is -2.70. The summed E-state index contributed by atoms with van der Waals surface area (Å²) in [5.74, 6) is -2.26. The van der Waals surface area contributed by atoms with Crippen LogP contribution in [0.2, 0.25) is 0 Å². The van der Waals surface area contributed by atoms with Gasteiger partial charge in [0, 0.05) is 12.6 Å². The maximum Gasteiger partial charge on any atom is 0.315 e. The number of nitrogens with one attached hydrogen (secondary N) is 4. The van der Waals surface area contributed by atoms with E-state index < -0.39 is 61.9 Å². The molecule has 0 spiro atoms. The van der Waals surface area contributed by atoms with Crippen LogP contribution in [-0.2, 0) is 29.0 Å². The Bertz CT molecular complexity index is 1430. The molecule has 13 heteroatoms. The molecule has 5 aliphatic rings. The molecule has 0 bridgehead atoms. The monoisotopic (exact) mass is 733 g/mol. The molecule has 0 radical (unpaired) electrons. The van der Waals surface area contributed by atoms with Crippen molar-refractivity contribution >= 4 is 39.4 Å². The first kappa shape index (κ1) is 39.5. The first-order chi connectivity index (χ1) is 24.0. The number of carbonyl (C=O) groups excluding carboxylic acids is 5. The summed E-state index contributed by atoms with van der Waals surface area (Å²) in [5, 5.41) is 11.7. The molecule has 2 aliphatic heterocycles. The van der Waals surface area contributed by atoms with E-state index in [9.17, 15) is 32.4 Å². The molecular weight excluding hydrogens is 671 g/mol. The second-order valence-corrected chi connectivity index (χ2v) is 20.6. The third-order valence-electron chi connectivity index (χ3n) is 12.5. The van der Waals surface area contributed by atoms with Gasteiger partial charge in [-0.2, -0.15) is 0 Å². The van der Waals surface area contributed by atoms with Crippen LogP contribution in [0.1, 0.15) is 144 Å². The van der Waals surface area contributed by atoms with Gasteiger partial charge in [0.1, 0.15) is 12.1 Å². The molecule has 3 aliphatic carbocycles. The molecule has 0 aromatic heterocycles. The summed E-state index contributed by atoms with van der Waals surface area (Å²) in [5.41, 5.74) is -1.10. The number of urea groups is 1. The molecular formula is C38H63N5O7S. The van der Waals surface area contributed by atoms with Crippen molar-refractivity contribution in [2.24, 2.45) is 17.3 Å². The fourth-order valence-electron chi connectivity index (χ4n) is 8.75. The number of nitrogens with zero attached hydrogens (tertiary/aromatic N) is 1. The average molecular weight is 734 g/mol. The van der Waals surface area contributed by atoms with Crippen LogP contribution in [0.25, 0.3) is 0 Å². The second kappa shape index (κ2) is 15.7. The van der Waals surface area contributed by atoms with Crippen molar-refractivity contribution in [3.63, 3.8) is 0 Å². The summed E-state index contributed by atoms with van der Waals surface area (Å²) in [6.07, 6.45) is 13.4. The lowest BCUT2D eigenvalue weighted by molar-refractivity contribution is -0.144. The summed E-state index contributed by atoms with van der Waals surface area (Å²) < 4.78 is 25.8. The molecule has 2 heterocycles. The molecule has 5 fully saturated rings. The van der Waals surface area contributed by atoms with Crippen molar-refractivity contribution < 1.29 is 32.4 Å². The molecule has 288 valence electrons. The Balaban J connectivity index is 1.37. The van der Waals surface area contributed by atoms with E-state index in [1.807, 2.05) is 0 Å². The largest absolute Gasteiger partial charge is 0.347 e. The minimum absolute atomic E-state index is 0.0146. The van der Waals surface area contributed by atoms with Gasteiger partial charge in [0.2, 0.25) is 17.6 Å². The van der Waals surface area contributed by atoms with Crippen molar-refractivity contribution in [3.8, 4) is 0 Å².